The molecule has 1 aliphatic heterocycles. The summed E-state index contributed by atoms with van der Waals surface area (Å²) in [5, 5.41) is 12.3. The molecule has 0 bridgehead atoms. The van der Waals surface area contributed by atoms with E-state index in [4.69, 9.17) is 21.1 Å². The quantitative estimate of drug-likeness (QED) is 0.542. The molecule has 150 valence electrons. The predicted octanol–water partition coefficient (Wildman–Crippen LogP) is 4.26. The molecule has 5 nitrogen and oxygen atoms in total. The molecule has 1 atom stereocenters. The number of benzene rings is 2. The van der Waals surface area contributed by atoms with Crippen LogP contribution in [0.2, 0.25) is 5.02 Å². The summed E-state index contributed by atoms with van der Waals surface area (Å²) >= 11 is 5.99. The molecule has 0 unspecified atom stereocenters. The first-order valence-electron chi connectivity index (χ1n) is 9.24. The lowest BCUT2D eigenvalue weighted by molar-refractivity contribution is -0.117. The zero-order chi connectivity index (χ0) is 20.6. The van der Waals surface area contributed by atoms with E-state index in [0.29, 0.717) is 29.5 Å². The van der Waals surface area contributed by atoms with E-state index >= 15 is 0 Å². The third-order valence-electron chi connectivity index (χ3n) is 4.52. The second-order valence-electron chi connectivity index (χ2n) is 6.57. The monoisotopic (exact) mass is 414 g/mol. The maximum atomic E-state index is 13.8. The smallest absolute Gasteiger partial charge is 0.262 e. The molecule has 1 fully saturated rings. The second-order valence-corrected chi connectivity index (χ2v) is 6.98. The van der Waals surface area contributed by atoms with E-state index in [9.17, 15) is 14.4 Å². The van der Waals surface area contributed by atoms with Crippen LogP contribution in [0.1, 0.15) is 24.0 Å². The van der Waals surface area contributed by atoms with Crippen molar-refractivity contribution in [2.75, 3.05) is 13.2 Å². The van der Waals surface area contributed by atoms with Gasteiger partial charge in [-0.1, -0.05) is 29.8 Å². The van der Waals surface area contributed by atoms with Crippen molar-refractivity contribution in [3.05, 3.63) is 70.0 Å². The van der Waals surface area contributed by atoms with Crippen LogP contribution in [-0.2, 0) is 16.1 Å². The molecular formula is C22H20ClFN2O3. The SMILES string of the molecule is N#C/C(=C\c1ccc(OCc2c(F)cccc2Cl)cc1)C(=O)NC[C@@H]1CCCO1. The highest BCUT2D eigenvalue weighted by Crippen LogP contribution is 2.22. The van der Waals surface area contributed by atoms with Gasteiger partial charge in [0.15, 0.2) is 0 Å². The average molecular weight is 415 g/mol. The first-order chi connectivity index (χ1) is 14.1. The summed E-state index contributed by atoms with van der Waals surface area (Å²) < 4.78 is 24.8. The van der Waals surface area contributed by atoms with Gasteiger partial charge in [-0.3, -0.25) is 4.79 Å². The van der Waals surface area contributed by atoms with E-state index in [2.05, 4.69) is 5.32 Å². The van der Waals surface area contributed by atoms with E-state index in [1.165, 1.54) is 18.2 Å². The Morgan fingerprint density at radius 1 is 1.34 bits per heavy atom. The third kappa shape index (κ3) is 5.80. The summed E-state index contributed by atoms with van der Waals surface area (Å²) in [6.45, 7) is 1.10. The van der Waals surface area contributed by atoms with Gasteiger partial charge in [0.1, 0.15) is 29.8 Å². The number of nitriles is 1. The van der Waals surface area contributed by atoms with Gasteiger partial charge in [0.25, 0.3) is 5.91 Å². The summed E-state index contributed by atoms with van der Waals surface area (Å²) in [6, 6.07) is 13.2. The van der Waals surface area contributed by atoms with Crippen molar-refractivity contribution >= 4 is 23.6 Å². The maximum Gasteiger partial charge on any atom is 0.262 e. The van der Waals surface area contributed by atoms with Gasteiger partial charge >= 0.3 is 0 Å². The topological polar surface area (TPSA) is 71.3 Å². The second kappa shape index (κ2) is 10.1. The van der Waals surface area contributed by atoms with Crippen LogP contribution in [-0.4, -0.2) is 25.2 Å². The fourth-order valence-electron chi connectivity index (χ4n) is 2.91. The van der Waals surface area contributed by atoms with Gasteiger partial charge in [0.2, 0.25) is 0 Å². The highest BCUT2D eigenvalue weighted by atomic mass is 35.5. The third-order valence-corrected chi connectivity index (χ3v) is 4.87. The van der Waals surface area contributed by atoms with Gasteiger partial charge in [-0.05, 0) is 48.7 Å². The van der Waals surface area contributed by atoms with E-state index < -0.39 is 11.7 Å². The molecular weight excluding hydrogens is 395 g/mol. The largest absolute Gasteiger partial charge is 0.489 e. The van der Waals surface area contributed by atoms with Gasteiger partial charge in [-0.2, -0.15) is 5.26 Å². The number of hydrogen-bond donors (Lipinski definition) is 1. The maximum absolute atomic E-state index is 13.8. The Bertz CT molecular complexity index is 912. The Labute approximate surface area is 173 Å². The fraction of sp³-hybridized carbons (Fsp3) is 0.273. The molecule has 0 aromatic heterocycles. The van der Waals surface area contributed by atoms with Gasteiger partial charge in [-0.25, -0.2) is 4.39 Å². The summed E-state index contributed by atoms with van der Waals surface area (Å²) in [5.74, 6) is -0.343. The number of rotatable bonds is 7. The lowest BCUT2D eigenvalue weighted by Crippen LogP contribution is -2.32. The van der Waals surface area contributed by atoms with E-state index in [1.54, 1.807) is 30.3 Å². The van der Waals surface area contributed by atoms with Crippen molar-refractivity contribution < 1.29 is 18.7 Å². The Hall–Kier alpha value is -2.88. The van der Waals surface area contributed by atoms with Crippen molar-refractivity contribution in [1.29, 1.82) is 5.26 Å². The van der Waals surface area contributed by atoms with Gasteiger partial charge in [-0.15, -0.1) is 0 Å². The molecule has 2 aromatic rings. The molecule has 1 amide bonds. The number of ether oxygens (including phenoxy) is 2. The molecule has 1 aliphatic rings. The number of hydrogen-bond acceptors (Lipinski definition) is 4. The number of amides is 1. The minimum atomic E-state index is -0.433. The zero-order valence-electron chi connectivity index (χ0n) is 15.7. The number of nitrogens with one attached hydrogen (secondary N) is 1. The van der Waals surface area contributed by atoms with Crippen LogP contribution in [0.15, 0.2) is 48.0 Å². The number of nitrogens with zero attached hydrogens (tertiary/aromatic N) is 1. The average Bonchev–Trinajstić information content (AvgIpc) is 3.24. The fourth-order valence-corrected chi connectivity index (χ4v) is 3.13. The molecule has 7 heteroatoms. The molecule has 2 aromatic carbocycles. The number of halogens is 2. The normalized spacial score (nSPS) is 16.3. The van der Waals surface area contributed by atoms with Gasteiger partial charge in [0, 0.05) is 18.7 Å². The van der Waals surface area contributed by atoms with Crippen LogP contribution < -0.4 is 10.1 Å². The number of carbonyl (C=O) groups excluding carboxylic acids is 1. The van der Waals surface area contributed by atoms with Crippen molar-refractivity contribution in [3.63, 3.8) is 0 Å². The van der Waals surface area contributed by atoms with Crippen molar-refractivity contribution in [2.24, 2.45) is 0 Å². The summed E-state index contributed by atoms with van der Waals surface area (Å²) in [5.41, 5.74) is 0.965. The molecule has 29 heavy (non-hydrogen) atoms. The highest BCUT2D eigenvalue weighted by Gasteiger charge is 2.17. The van der Waals surface area contributed by atoms with Crippen LogP contribution in [0.4, 0.5) is 4.39 Å². The molecule has 1 N–H and O–H groups in total. The molecule has 0 spiro atoms. The van der Waals surface area contributed by atoms with Gasteiger partial charge in [0.05, 0.1) is 11.1 Å². The first-order valence-corrected chi connectivity index (χ1v) is 9.62. The molecule has 1 heterocycles. The Morgan fingerprint density at radius 3 is 2.79 bits per heavy atom. The Balaban J connectivity index is 1.59. The summed E-state index contributed by atoms with van der Waals surface area (Å²) in [7, 11) is 0. The van der Waals surface area contributed by atoms with Crippen molar-refractivity contribution in [1.82, 2.24) is 5.32 Å². The summed E-state index contributed by atoms with van der Waals surface area (Å²) in [4.78, 5) is 12.2. The van der Waals surface area contributed by atoms with E-state index in [0.717, 1.165) is 12.8 Å². The van der Waals surface area contributed by atoms with Crippen LogP contribution in [0.25, 0.3) is 6.08 Å². The molecule has 0 saturated carbocycles. The minimum absolute atomic E-state index is 0.00418. The minimum Gasteiger partial charge on any atom is -0.489 e. The first kappa shape index (κ1) is 20.8. The van der Waals surface area contributed by atoms with Crippen LogP contribution >= 0.6 is 11.6 Å². The van der Waals surface area contributed by atoms with Crippen LogP contribution in [0.5, 0.6) is 5.75 Å². The van der Waals surface area contributed by atoms with Crippen LogP contribution in [0, 0.1) is 17.1 Å². The highest BCUT2D eigenvalue weighted by molar-refractivity contribution is 6.31. The zero-order valence-corrected chi connectivity index (χ0v) is 16.4. The summed E-state index contributed by atoms with van der Waals surface area (Å²) in [6.07, 6.45) is 3.41. The number of carbonyl (C=O) groups is 1. The lowest BCUT2D eigenvalue weighted by Gasteiger charge is -2.10. The van der Waals surface area contributed by atoms with Gasteiger partial charge < -0.3 is 14.8 Å². The predicted molar refractivity (Wildman–Crippen MR) is 108 cm³/mol. The van der Waals surface area contributed by atoms with E-state index in [-0.39, 0.29) is 23.8 Å². The van der Waals surface area contributed by atoms with Crippen molar-refractivity contribution in [2.45, 2.75) is 25.6 Å². The van der Waals surface area contributed by atoms with E-state index in [1.807, 2.05) is 6.07 Å². The molecule has 1 saturated heterocycles. The molecule has 0 aliphatic carbocycles. The Kier molecular flexibility index (Phi) is 7.23. The lowest BCUT2D eigenvalue weighted by atomic mass is 10.1. The van der Waals surface area contributed by atoms with Crippen molar-refractivity contribution in [3.8, 4) is 11.8 Å². The standard InChI is InChI=1S/C22H20ClFN2O3/c23-20-4-1-5-21(24)19(20)14-29-17-8-6-15(7-9-17)11-16(12-25)22(27)26-13-18-3-2-10-28-18/h1,4-9,11,18H,2-3,10,13-14H2,(H,26,27)/b16-11+/t18-/m0/s1. The Morgan fingerprint density at radius 2 is 2.14 bits per heavy atom. The molecule has 0 radical (unpaired) electrons. The van der Waals surface area contributed by atoms with Crippen LogP contribution in [0.3, 0.4) is 0 Å². The molecule has 3 rings (SSSR count).